The number of nitrogens with one attached hydrogen (secondary N) is 1. The lowest BCUT2D eigenvalue weighted by Crippen LogP contribution is -2.38. The third-order valence-electron chi connectivity index (χ3n) is 4.63. The standard InChI is InChI=1S/C24H33NO3/c1-5-16-27-22-12-8-7-10-20(22)11-9-15-25-24(26)21(6-2)28-23-17-18(3)13-14-19(23)4/h7-8,10,12-14,17,21H,5-6,9,11,15-16H2,1-4H3,(H,25,26)/t21-/m0/s1. The van der Waals surface area contributed by atoms with Crippen LogP contribution in [0.2, 0.25) is 0 Å². The van der Waals surface area contributed by atoms with Crippen molar-refractivity contribution in [3.63, 3.8) is 0 Å². The zero-order valence-electron chi connectivity index (χ0n) is 17.6. The van der Waals surface area contributed by atoms with Gasteiger partial charge in [0.2, 0.25) is 0 Å². The quantitative estimate of drug-likeness (QED) is 0.556. The molecule has 0 aliphatic heterocycles. The number of rotatable bonds is 11. The number of hydrogen-bond acceptors (Lipinski definition) is 3. The highest BCUT2D eigenvalue weighted by Crippen LogP contribution is 2.22. The van der Waals surface area contributed by atoms with Crippen LogP contribution in [0.15, 0.2) is 42.5 Å². The van der Waals surface area contributed by atoms with Crippen molar-refractivity contribution in [2.75, 3.05) is 13.2 Å². The fourth-order valence-corrected chi connectivity index (χ4v) is 2.98. The predicted molar refractivity (Wildman–Crippen MR) is 114 cm³/mol. The first kappa shape index (κ1) is 21.8. The van der Waals surface area contributed by atoms with Gasteiger partial charge in [0.25, 0.3) is 5.91 Å². The number of benzene rings is 2. The van der Waals surface area contributed by atoms with E-state index >= 15 is 0 Å². The number of carbonyl (C=O) groups is 1. The largest absolute Gasteiger partial charge is 0.493 e. The van der Waals surface area contributed by atoms with Gasteiger partial charge in [0.05, 0.1) is 6.61 Å². The van der Waals surface area contributed by atoms with Crippen LogP contribution in [0, 0.1) is 13.8 Å². The molecule has 0 bridgehead atoms. The highest BCUT2D eigenvalue weighted by atomic mass is 16.5. The van der Waals surface area contributed by atoms with Crippen LogP contribution in [-0.2, 0) is 11.2 Å². The highest BCUT2D eigenvalue weighted by Gasteiger charge is 2.18. The van der Waals surface area contributed by atoms with Gasteiger partial charge in [-0.05, 0) is 68.4 Å². The number of para-hydroxylation sites is 1. The van der Waals surface area contributed by atoms with Crippen LogP contribution in [0.3, 0.4) is 0 Å². The van der Waals surface area contributed by atoms with E-state index in [0.717, 1.165) is 48.5 Å². The molecule has 4 nitrogen and oxygen atoms in total. The minimum absolute atomic E-state index is 0.0566. The second kappa shape index (κ2) is 11.4. The van der Waals surface area contributed by atoms with Crippen LogP contribution in [0.4, 0.5) is 0 Å². The zero-order chi connectivity index (χ0) is 20.4. The molecule has 28 heavy (non-hydrogen) atoms. The Morgan fingerprint density at radius 2 is 1.86 bits per heavy atom. The molecule has 0 spiro atoms. The Balaban J connectivity index is 1.83. The molecule has 2 aromatic rings. The average Bonchev–Trinajstić information content (AvgIpc) is 2.70. The van der Waals surface area contributed by atoms with E-state index in [9.17, 15) is 4.79 Å². The third kappa shape index (κ3) is 6.59. The van der Waals surface area contributed by atoms with E-state index in [1.807, 2.05) is 57.2 Å². The molecule has 0 aliphatic carbocycles. The Bertz CT molecular complexity index is 757. The molecule has 152 valence electrons. The summed E-state index contributed by atoms with van der Waals surface area (Å²) in [7, 11) is 0. The van der Waals surface area contributed by atoms with E-state index in [1.165, 1.54) is 5.56 Å². The van der Waals surface area contributed by atoms with Crippen LogP contribution in [0.25, 0.3) is 0 Å². The SMILES string of the molecule is CCCOc1ccccc1CCCNC(=O)[C@H](CC)Oc1cc(C)ccc1C. The summed E-state index contributed by atoms with van der Waals surface area (Å²) < 4.78 is 11.8. The van der Waals surface area contributed by atoms with Crippen molar-refractivity contribution in [3.8, 4) is 11.5 Å². The van der Waals surface area contributed by atoms with Crippen molar-refractivity contribution in [1.29, 1.82) is 0 Å². The van der Waals surface area contributed by atoms with Gasteiger partial charge < -0.3 is 14.8 Å². The molecule has 4 heteroatoms. The van der Waals surface area contributed by atoms with Crippen molar-refractivity contribution in [1.82, 2.24) is 5.32 Å². The fraction of sp³-hybridized carbons (Fsp3) is 0.458. The van der Waals surface area contributed by atoms with Gasteiger partial charge in [-0.15, -0.1) is 0 Å². The molecule has 0 saturated carbocycles. The van der Waals surface area contributed by atoms with Crippen LogP contribution in [0.5, 0.6) is 11.5 Å². The number of aryl methyl sites for hydroxylation is 3. The van der Waals surface area contributed by atoms with Crippen molar-refractivity contribution in [2.45, 2.75) is 59.5 Å². The zero-order valence-corrected chi connectivity index (χ0v) is 17.6. The summed E-state index contributed by atoms with van der Waals surface area (Å²) in [6, 6.07) is 14.2. The van der Waals surface area contributed by atoms with E-state index in [1.54, 1.807) is 0 Å². The number of hydrogen-bond donors (Lipinski definition) is 1. The Morgan fingerprint density at radius 1 is 1.07 bits per heavy atom. The lowest BCUT2D eigenvalue weighted by molar-refractivity contribution is -0.128. The molecule has 2 rings (SSSR count). The molecule has 0 unspecified atom stereocenters. The number of amides is 1. The molecule has 0 heterocycles. The van der Waals surface area contributed by atoms with Crippen molar-refractivity contribution in [2.24, 2.45) is 0 Å². The van der Waals surface area contributed by atoms with Gasteiger partial charge in [0.15, 0.2) is 6.10 Å². The number of carbonyl (C=O) groups excluding carboxylic acids is 1. The Labute approximate surface area is 169 Å². The monoisotopic (exact) mass is 383 g/mol. The van der Waals surface area contributed by atoms with Crippen molar-refractivity contribution < 1.29 is 14.3 Å². The van der Waals surface area contributed by atoms with E-state index in [2.05, 4.69) is 18.3 Å². The Morgan fingerprint density at radius 3 is 2.61 bits per heavy atom. The minimum Gasteiger partial charge on any atom is -0.493 e. The van der Waals surface area contributed by atoms with E-state index in [-0.39, 0.29) is 5.91 Å². The Hall–Kier alpha value is -2.49. The summed E-state index contributed by atoms with van der Waals surface area (Å²) in [6.45, 7) is 9.43. The van der Waals surface area contributed by atoms with E-state index < -0.39 is 6.10 Å². The van der Waals surface area contributed by atoms with Gasteiger partial charge >= 0.3 is 0 Å². The van der Waals surface area contributed by atoms with Gasteiger partial charge in [-0.3, -0.25) is 4.79 Å². The lowest BCUT2D eigenvalue weighted by atomic mass is 10.1. The van der Waals surface area contributed by atoms with Crippen molar-refractivity contribution in [3.05, 3.63) is 59.2 Å². The second-order valence-corrected chi connectivity index (χ2v) is 7.13. The first-order valence-corrected chi connectivity index (χ1v) is 10.3. The topological polar surface area (TPSA) is 47.6 Å². The highest BCUT2D eigenvalue weighted by molar-refractivity contribution is 5.81. The predicted octanol–water partition coefficient (Wildman–Crippen LogP) is 5.00. The first-order chi connectivity index (χ1) is 13.5. The van der Waals surface area contributed by atoms with Crippen LogP contribution in [0.1, 0.15) is 49.8 Å². The number of ether oxygens (including phenoxy) is 2. The average molecular weight is 384 g/mol. The molecule has 1 amide bonds. The molecule has 1 N–H and O–H groups in total. The Kier molecular flexibility index (Phi) is 8.86. The van der Waals surface area contributed by atoms with Gasteiger partial charge in [-0.2, -0.15) is 0 Å². The van der Waals surface area contributed by atoms with Gasteiger partial charge in [0.1, 0.15) is 11.5 Å². The summed E-state index contributed by atoms with van der Waals surface area (Å²) in [5.41, 5.74) is 3.35. The van der Waals surface area contributed by atoms with E-state index in [0.29, 0.717) is 13.0 Å². The normalized spacial score (nSPS) is 11.7. The molecule has 0 fully saturated rings. The van der Waals surface area contributed by atoms with Gasteiger partial charge in [0, 0.05) is 6.54 Å². The molecule has 0 saturated heterocycles. The summed E-state index contributed by atoms with van der Waals surface area (Å²) in [6.07, 6.45) is 2.88. The van der Waals surface area contributed by atoms with Crippen LogP contribution < -0.4 is 14.8 Å². The maximum atomic E-state index is 12.5. The smallest absolute Gasteiger partial charge is 0.261 e. The molecular weight excluding hydrogens is 350 g/mol. The van der Waals surface area contributed by atoms with Gasteiger partial charge in [-0.1, -0.05) is 44.2 Å². The van der Waals surface area contributed by atoms with Crippen LogP contribution >= 0.6 is 0 Å². The van der Waals surface area contributed by atoms with Gasteiger partial charge in [-0.25, -0.2) is 0 Å². The van der Waals surface area contributed by atoms with E-state index in [4.69, 9.17) is 9.47 Å². The van der Waals surface area contributed by atoms with Crippen LogP contribution in [-0.4, -0.2) is 25.2 Å². The fourth-order valence-electron chi connectivity index (χ4n) is 2.98. The lowest BCUT2D eigenvalue weighted by Gasteiger charge is -2.19. The maximum Gasteiger partial charge on any atom is 0.261 e. The third-order valence-corrected chi connectivity index (χ3v) is 4.63. The minimum atomic E-state index is -0.472. The second-order valence-electron chi connectivity index (χ2n) is 7.13. The molecule has 0 radical (unpaired) electrons. The summed E-state index contributed by atoms with van der Waals surface area (Å²) in [4.78, 5) is 12.5. The first-order valence-electron chi connectivity index (χ1n) is 10.3. The molecular formula is C24H33NO3. The van der Waals surface area contributed by atoms with Crippen molar-refractivity contribution >= 4 is 5.91 Å². The summed E-state index contributed by atoms with van der Waals surface area (Å²) in [5, 5.41) is 3.02. The summed E-state index contributed by atoms with van der Waals surface area (Å²) >= 11 is 0. The molecule has 1 atom stereocenters. The molecule has 2 aromatic carbocycles. The summed E-state index contributed by atoms with van der Waals surface area (Å²) in [5.74, 6) is 1.67. The maximum absolute atomic E-state index is 12.5. The molecule has 0 aliphatic rings. The molecule has 0 aromatic heterocycles.